The van der Waals surface area contributed by atoms with Gasteiger partial charge in [-0.1, -0.05) is 29.8 Å². The number of hydrogen-bond acceptors (Lipinski definition) is 6. The van der Waals surface area contributed by atoms with Crippen molar-refractivity contribution in [1.82, 2.24) is 14.5 Å². The maximum atomic E-state index is 13.2. The lowest BCUT2D eigenvalue weighted by Crippen LogP contribution is -2.44. The number of morpholine rings is 1. The van der Waals surface area contributed by atoms with Crippen molar-refractivity contribution in [2.45, 2.75) is 19.5 Å². The van der Waals surface area contributed by atoms with Crippen LogP contribution in [0.3, 0.4) is 0 Å². The summed E-state index contributed by atoms with van der Waals surface area (Å²) in [5.41, 5.74) is 1.85. The smallest absolute Gasteiger partial charge is 0.337 e. The number of fused-ring (bicyclic) bond motifs is 1. The van der Waals surface area contributed by atoms with Gasteiger partial charge < -0.3 is 14.5 Å². The van der Waals surface area contributed by atoms with Gasteiger partial charge in [0, 0.05) is 13.1 Å². The van der Waals surface area contributed by atoms with Crippen molar-refractivity contribution in [3.8, 4) is 0 Å². The molecule has 1 unspecified atom stereocenters. The second-order valence-corrected chi connectivity index (χ2v) is 7.68. The van der Waals surface area contributed by atoms with Gasteiger partial charge >= 0.3 is 11.7 Å². The Balaban J connectivity index is 1.77. The molecule has 2 heterocycles. The Bertz CT molecular complexity index is 1220. The summed E-state index contributed by atoms with van der Waals surface area (Å²) in [5, 5.41) is 0.345. The number of hydrogen-bond donors (Lipinski definition) is 1. The number of methoxy groups -OCH3 is 1. The van der Waals surface area contributed by atoms with Crippen LogP contribution in [0.15, 0.2) is 52.1 Å². The van der Waals surface area contributed by atoms with Crippen LogP contribution in [0.1, 0.15) is 27.5 Å². The van der Waals surface area contributed by atoms with Crippen LogP contribution in [-0.2, 0) is 16.0 Å². The van der Waals surface area contributed by atoms with Crippen LogP contribution in [0, 0.1) is 6.92 Å². The third-order valence-electron chi connectivity index (χ3n) is 5.67. The van der Waals surface area contributed by atoms with E-state index in [9.17, 15) is 14.4 Å². The molecule has 1 saturated heterocycles. The van der Waals surface area contributed by atoms with Crippen molar-refractivity contribution in [2.75, 3.05) is 33.4 Å². The van der Waals surface area contributed by atoms with Gasteiger partial charge in [0.15, 0.2) is 0 Å². The van der Waals surface area contributed by atoms with E-state index >= 15 is 0 Å². The lowest BCUT2D eigenvalue weighted by Gasteiger charge is -2.35. The molecular formula is C23H25N3O5. The number of aryl methyl sites for hydroxylation is 1. The summed E-state index contributed by atoms with van der Waals surface area (Å²) >= 11 is 0. The van der Waals surface area contributed by atoms with Crippen molar-refractivity contribution < 1.29 is 14.3 Å². The first-order valence-electron chi connectivity index (χ1n) is 10.2. The van der Waals surface area contributed by atoms with E-state index in [0.29, 0.717) is 24.1 Å². The molecule has 1 atom stereocenters. The van der Waals surface area contributed by atoms with Gasteiger partial charge in [-0.3, -0.25) is 14.3 Å². The zero-order valence-electron chi connectivity index (χ0n) is 17.6. The number of ether oxygens (including phenoxy) is 2. The molecule has 0 spiro atoms. The molecule has 0 saturated carbocycles. The van der Waals surface area contributed by atoms with Gasteiger partial charge in [0.1, 0.15) is 0 Å². The zero-order chi connectivity index (χ0) is 22.0. The van der Waals surface area contributed by atoms with Crippen LogP contribution in [-0.4, -0.2) is 53.8 Å². The molecule has 0 bridgehead atoms. The number of aromatic nitrogens is 2. The minimum absolute atomic E-state index is 0.144. The molecule has 1 aromatic heterocycles. The van der Waals surface area contributed by atoms with E-state index in [1.54, 1.807) is 6.07 Å². The number of esters is 1. The average Bonchev–Trinajstić information content (AvgIpc) is 2.78. The highest BCUT2D eigenvalue weighted by atomic mass is 16.5. The molecule has 1 N–H and O–H groups in total. The molecule has 1 aliphatic heterocycles. The first-order chi connectivity index (χ1) is 15.0. The third kappa shape index (κ3) is 4.30. The SMILES string of the molecule is COC(=O)c1ccc2c(=O)n(CC(c3cccc(C)c3)N3CCOCC3)c(=O)[nH]c2c1. The summed E-state index contributed by atoms with van der Waals surface area (Å²) in [7, 11) is 1.28. The molecule has 0 amide bonds. The van der Waals surface area contributed by atoms with Crippen LogP contribution in [0.5, 0.6) is 0 Å². The van der Waals surface area contributed by atoms with Gasteiger partial charge in [0.05, 0.1) is 49.4 Å². The Labute approximate surface area is 179 Å². The number of benzene rings is 2. The minimum atomic E-state index is -0.529. The van der Waals surface area contributed by atoms with Gasteiger partial charge in [-0.2, -0.15) is 0 Å². The van der Waals surface area contributed by atoms with Crippen LogP contribution < -0.4 is 11.2 Å². The lowest BCUT2D eigenvalue weighted by molar-refractivity contribution is 0.0119. The second-order valence-electron chi connectivity index (χ2n) is 7.68. The Morgan fingerprint density at radius 3 is 2.65 bits per heavy atom. The molecule has 162 valence electrons. The normalized spacial score (nSPS) is 15.7. The molecule has 8 nitrogen and oxygen atoms in total. The van der Waals surface area contributed by atoms with Gasteiger partial charge in [-0.05, 0) is 30.7 Å². The van der Waals surface area contributed by atoms with E-state index in [2.05, 4.69) is 16.0 Å². The molecule has 1 fully saturated rings. The summed E-state index contributed by atoms with van der Waals surface area (Å²) in [6.45, 7) is 4.91. The number of rotatable bonds is 5. The highest BCUT2D eigenvalue weighted by Crippen LogP contribution is 2.24. The Hall–Kier alpha value is -3.23. The maximum absolute atomic E-state index is 13.2. The van der Waals surface area contributed by atoms with Crippen LogP contribution in [0.25, 0.3) is 10.9 Å². The fraction of sp³-hybridized carbons (Fsp3) is 0.348. The first kappa shape index (κ1) is 21.0. The molecule has 8 heteroatoms. The Kier molecular flexibility index (Phi) is 6.01. The molecule has 4 rings (SSSR count). The molecule has 0 aliphatic carbocycles. The Morgan fingerprint density at radius 1 is 1.16 bits per heavy atom. The van der Waals surface area contributed by atoms with E-state index in [-0.39, 0.29) is 23.7 Å². The van der Waals surface area contributed by atoms with E-state index in [4.69, 9.17) is 9.47 Å². The molecule has 2 aromatic carbocycles. The number of nitrogens with one attached hydrogen (secondary N) is 1. The summed E-state index contributed by atoms with van der Waals surface area (Å²) in [4.78, 5) is 42.8. The van der Waals surface area contributed by atoms with E-state index < -0.39 is 11.7 Å². The summed E-state index contributed by atoms with van der Waals surface area (Å²) < 4.78 is 11.4. The van der Waals surface area contributed by atoms with E-state index in [1.807, 2.05) is 25.1 Å². The van der Waals surface area contributed by atoms with Crippen LogP contribution in [0.2, 0.25) is 0 Å². The van der Waals surface area contributed by atoms with Crippen molar-refractivity contribution in [1.29, 1.82) is 0 Å². The summed E-state index contributed by atoms with van der Waals surface area (Å²) in [6.07, 6.45) is 0. The number of H-pyrrole nitrogens is 1. The van der Waals surface area contributed by atoms with Crippen molar-refractivity contribution in [3.05, 3.63) is 80.0 Å². The minimum Gasteiger partial charge on any atom is -0.465 e. The van der Waals surface area contributed by atoms with Gasteiger partial charge in [0.2, 0.25) is 0 Å². The third-order valence-corrected chi connectivity index (χ3v) is 5.67. The fourth-order valence-corrected chi connectivity index (χ4v) is 4.04. The zero-order valence-corrected chi connectivity index (χ0v) is 17.6. The standard InChI is InChI=1S/C23H25N3O5/c1-15-4-3-5-16(12-15)20(25-8-10-31-11-9-25)14-26-21(27)18-7-6-17(22(28)30-2)13-19(18)24-23(26)29/h3-7,12-13,20H,8-11,14H2,1-2H3,(H,24,29). The molecule has 3 aromatic rings. The summed E-state index contributed by atoms with van der Waals surface area (Å²) in [5.74, 6) is -0.529. The second kappa shape index (κ2) is 8.87. The predicted octanol–water partition coefficient (Wildman–Crippen LogP) is 1.86. The Morgan fingerprint density at radius 2 is 1.94 bits per heavy atom. The summed E-state index contributed by atoms with van der Waals surface area (Å²) in [6, 6.07) is 12.5. The van der Waals surface area contributed by atoms with E-state index in [0.717, 1.165) is 24.2 Å². The predicted molar refractivity (Wildman–Crippen MR) is 116 cm³/mol. The highest BCUT2D eigenvalue weighted by molar-refractivity contribution is 5.93. The van der Waals surface area contributed by atoms with Crippen LogP contribution in [0.4, 0.5) is 0 Å². The number of carbonyl (C=O) groups is 1. The number of carbonyl (C=O) groups excluding carboxylic acids is 1. The van der Waals surface area contributed by atoms with Crippen molar-refractivity contribution >= 4 is 16.9 Å². The molecular weight excluding hydrogens is 398 g/mol. The molecule has 0 radical (unpaired) electrons. The topological polar surface area (TPSA) is 93.6 Å². The number of nitrogens with zero attached hydrogens (tertiary/aromatic N) is 2. The number of aromatic amines is 1. The van der Waals surface area contributed by atoms with Gasteiger partial charge in [-0.25, -0.2) is 9.59 Å². The molecule has 31 heavy (non-hydrogen) atoms. The van der Waals surface area contributed by atoms with Gasteiger partial charge in [0.25, 0.3) is 5.56 Å². The average molecular weight is 423 g/mol. The maximum Gasteiger partial charge on any atom is 0.337 e. The first-order valence-corrected chi connectivity index (χ1v) is 10.2. The van der Waals surface area contributed by atoms with E-state index in [1.165, 1.54) is 23.8 Å². The van der Waals surface area contributed by atoms with Crippen molar-refractivity contribution in [3.63, 3.8) is 0 Å². The lowest BCUT2D eigenvalue weighted by atomic mass is 10.0. The largest absolute Gasteiger partial charge is 0.465 e. The van der Waals surface area contributed by atoms with Crippen LogP contribution >= 0.6 is 0 Å². The van der Waals surface area contributed by atoms with Crippen molar-refractivity contribution in [2.24, 2.45) is 0 Å². The highest BCUT2D eigenvalue weighted by Gasteiger charge is 2.25. The van der Waals surface area contributed by atoms with Gasteiger partial charge in [-0.15, -0.1) is 0 Å². The monoisotopic (exact) mass is 423 g/mol. The fourth-order valence-electron chi connectivity index (χ4n) is 4.04. The quantitative estimate of drug-likeness (QED) is 0.630. The molecule has 1 aliphatic rings.